The molecule has 0 spiro atoms. The number of alkyl halides is 3. The Labute approximate surface area is 223 Å². The topological polar surface area (TPSA) is 131 Å². The molecule has 1 aromatic heterocycles. The number of nitrogens with one attached hydrogen (secondary N) is 1. The minimum atomic E-state index is -4.50. The molecule has 2 aliphatic rings. The monoisotopic (exact) mass is 573 g/mol. The number of rotatable bonds is 6. The van der Waals surface area contributed by atoms with Crippen LogP contribution in [0, 0.1) is 0 Å². The summed E-state index contributed by atoms with van der Waals surface area (Å²) in [7, 11) is -3.53. The van der Waals surface area contributed by atoms with Crippen LogP contribution in [-0.4, -0.2) is 115 Å². The van der Waals surface area contributed by atoms with Crippen molar-refractivity contribution in [2.45, 2.75) is 12.7 Å². The van der Waals surface area contributed by atoms with E-state index < -0.39 is 40.3 Å². The van der Waals surface area contributed by atoms with Crippen molar-refractivity contribution in [2.75, 3.05) is 74.8 Å². The molecule has 2 saturated heterocycles. The summed E-state index contributed by atoms with van der Waals surface area (Å²) in [6.45, 7) is 2.68. The van der Waals surface area contributed by atoms with Gasteiger partial charge in [-0.15, -0.1) is 5.10 Å². The predicted molar refractivity (Wildman–Crippen MR) is 136 cm³/mol. The minimum absolute atomic E-state index is 0.0286. The second-order valence-electron chi connectivity index (χ2n) is 9.43. The van der Waals surface area contributed by atoms with Gasteiger partial charge in [0.1, 0.15) is 6.61 Å². The molecule has 0 saturated carbocycles. The van der Waals surface area contributed by atoms with Crippen LogP contribution in [0.2, 0.25) is 0 Å². The molecule has 0 aliphatic carbocycles. The van der Waals surface area contributed by atoms with Gasteiger partial charge in [0.05, 0.1) is 11.8 Å². The van der Waals surface area contributed by atoms with Gasteiger partial charge < -0.3 is 19.8 Å². The smallest absolute Gasteiger partial charge is 0.387 e. The number of aliphatic hydroxyl groups excluding tert-OH is 1. The van der Waals surface area contributed by atoms with Crippen molar-refractivity contribution in [3.05, 3.63) is 41.6 Å². The zero-order valence-electron chi connectivity index (χ0n) is 21.3. The number of carbonyl (C=O) groups is 2. The van der Waals surface area contributed by atoms with E-state index >= 15 is 0 Å². The second kappa shape index (κ2) is 11.4. The highest BCUT2D eigenvalue weighted by atomic mass is 32.2. The first-order chi connectivity index (χ1) is 18.3. The predicted octanol–water partition coefficient (Wildman–Crippen LogP) is 0.700. The summed E-state index contributed by atoms with van der Waals surface area (Å²) in [5, 5.41) is 13.0. The zero-order valence-corrected chi connectivity index (χ0v) is 22.1. The van der Waals surface area contributed by atoms with Crippen LogP contribution in [0.4, 0.5) is 29.5 Å². The molecule has 214 valence electrons. The quantitative estimate of drug-likeness (QED) is 0.517. The second-order valence-corrected chi connectivity index (χ2v) is 11.2. The van der Waals surface area contributed by atoms with Gasteiger partial charge in [-0.1, -0.05) is 6.07 Å². The van der Waals surface area contributed by atoms with Crippen molar-refractivity contribution < 1.29 is 36.3 Å². The number of aliphatic hydroxyl groups is 1. The molecular formula is C23H30F3N7O5S. The molecule has 2 fully saturated rings. The summed E-state index contributed by atoms with van der Waals surface area (Å²) >= 11 is 0. The Morgan fingerprint density at radius 2 is 1.64 bits per heavy atom. The normalized spacial score (nSPS) is 17.4. The Balaban J connectivity index is 1.41. The van der Waals surface area contributed by atoms with Crippen LogP contribution in [0.5, 0.6) is 0 Å². The number of nitrogens with zero attached hydrogens (tertiary/aromatic N) is 6. The molecule has 16 heteroatoms. The fourth-order valence-corrected chi connectivity index (χ4v) is 5.11. The fraction of sp³-hybridized carbons (Fsp3) is 0.522. The van der Waals surface area contributed by atoms with E-state index in [1.54, 1.807) is 4.90 Å². The Morgan fingerprint density at radius 3 is 2.23 bits per heavy atom. The molecule has 2 aromatic rings. The molecule has 2 N–H and O–H groups in total. The first kappa shape index (κ1) is 28.6. The van der Waals surface area contributed by atoms with Crippen molar-refractivity contribution in [1.82, 2.24) is 24.5 Å². The zero-order chi connectivity index (χ0) is 28.4. The van der Waals surface area contributed by atoms with E-state index in [4.69, 9.17) is 5.11 Å². The Hall–Kier alpha value is -3.37. The number of anilines is 2. The highest BCUT2D eigenvalue weighted by Gasteiger charge is 2.33. The third kappa shape index (κ3) is 7.19. The van der Waals surface area contributed by atoms with Crippen LogP contribution >= 0.6 is 0 Å². The Bertz CT molecular complexity index is 1300. The number of hydrogen-bond donors (Lipinski definition) is 2. The molecule has 39 heavy (non-hydrogen) atoms. The maximum Gasteiger partial charge on any atom is 0.416 e. The average molecular weight is 574 g/mol. The number of amides is 2. The van der Waals surface area contributed by atoms with Gasteiger partial charge in [-0.3, -0.25) is 14.4 Å². The molecule has 0 atom stereocenters. The molecule has 1 aromatic carbocycles. The molecule has 0 unspecified atom stereocenters. The lowest BCUT2D eigenvalue weighted by atomic mass is 10.1. The fourth-order valence-electron chi connectivity index (χ4n) is 4.62. The molecule has 3 heterocycles. The lowest BCUT2D eigenvalue weighted by molar-refractivity contribution is -0.137. The third-order valence-corrected chi connectivity index (χ3v) is 7.21. The lowest BCUT2D eigenvalue weighted by Gasteiger charge is -2.38. The number of halogens is 3. The van der Waals surface area contributed by atoms with Crippen molar-refractivity contribution in [1.29, 1.82) is 0 Å². The summed E-state index contributed by atoms with van der Waals surface area (Å²) in [4.78, 5) is 31.5. The molecule has 2 amide bonds. The van der Waals surface area contributed by atoms with E-state index in [0.29, 0.717) is 70.2 Å². The minimum Gasteiger partial charge on any atom is -0.387 e. The van der Waals surface area contributed by atoms with Gasteiger partial charge in [-0.25, -0.2) is 13.2 Å². The molecular weight excluding hydrogens is 543 g/mol. The van der Waals surface area contributed by atoms with Gasteiger partial charge in [0.25, 0.3) is 0 Å². The summed E-state index contributed by atoms with van der Waals surface area (Å²) in [5.74, 6) is -0.384. The number of hydrogen-bond acceptors (Lipinski definition) is 8. The number of benzene rings is 1. The van der Waals surface area contributed by atoms with E-state index in [2.05, 4.69) is 9.82 Å². The van der Waals surface area contributed by atoms with E-state index in [1.165, 1.54) is 23.2 Å². The molecule has 12 nitrogen and oxygen atoms in total. The van der Waals surface area contributed by atoms with Crippen LogP contribution in [-0.2, 0) is 27.5 Å². The molecule has 2 aliphatic heterocycles. The summed E-state index contributed by atoms with van der Waals surface area (Å²) in [5.41, 5.74) is 0.393. The van der Waals surface area contributed by atoms with Crippen LogP contribution < -0.4 is 9.62 Å². The SMILES string of the molecule is CS(=O)(=O)Nc1ccn(C(=O)N2CCN(Cc3ccc(C(F)(F)F)cc3N3CCN(C(=O)CO)CC3)CC2)n1. The van der Waals surface area contributed by atoms with Gasteiger partial charge >= 0.3 is 12.2 Å². The maximum absolute atomic E-state index is 13.5. The third-order valence-electron chi connectivity index (χ3n) is 6.63. The van der Waals surface area contributed by atoms with E-state index in [-0.39, 0.29) is 5.82 Å². The van der Waals surface area contributed by atoms with E-state index in [9.17, 15) is 31.2 Å². The van der Waals surface area contributed by atoms with Gasteiger partial charge in [0.15, 0.2) is 5.82 Å². The van der Waals surface area contributed by atoms with Crippen molar-refractivity contribution >= 4 is 33.5 Å². The summed E-state index contributed by atoms with van der Waals surface area (Å²) < 4.78 is 66.5. The van der Waals surface area contributed by atoms with Gasteiger partial charge in [-0.2, -0.15) is 17.9 Å². The standard InChI is InChI=1S/C23H30F3N7O5S/c1-39(37,38)28-20-4-5-33(27-20)22(36)32-8-6-29(7-9-32)15-17-2-3-18(23(24,25)26)14-19(17)30-10-12-31(13-11-30)21(35)16-34/h2-5,14,34H,6-13,15-16H2,1H3,(H,27,28). The lowest BCUT2D eigenvalue weighted by Crippen LogP contribution is -2.50. The number of carbonyl (C=O) groups excluding carboxylic acids is 2. The van der Waals surface area contributed by atoms with Crippen LogP contribution in [0.3, 0.4) is 0 Å². The molecule has 4 rings (SSSR count). The average Bonchev–Trinajstić information content (AvgIpc) is 3.34. The summed E-state index contributed by atoms with van der Waals surface area (Å²) in [6.07, 6.45) is -2.16. The largest absolute Gasteiger partial charge is 0.416 e. The van der Waals surface area contributed by atoms with Crippen LogP contribution in [0.15, 0.2) is 30.5 Å². The van der Waals surface area contributed by atoms with Crippen molar-refractivity contribution in [3.8, 4) is 0 Å². The van der Waals surface area contributed by atoms with Crippen LogP contribution in [0.25, 0.3) is 0 Å². The number of aromatic nitrogens is 2. The van der Waals surface area contributed by atoms with E-state index in [0.717, 1.165) is 23.1 Å². The first-order valence-corrected chi connectivity index (χ1v) is 14.1. The summed E-state index contributed by atoms with van der Waals surface area (Å²) in [6, 6.07) is 4.63. The Morgan fingerprint density at radius 1 is 1.00 bits per heavy atom. The number of sulfonamides is 1. The van der Waals surface area contributed by atoms with Gasteiger partial charge in [0.2, 0.25) is 15.9 Å². The van der Waals surface area contributed by atoms with Crippen molar-refractivity contribution in [3.63, 3.8) is 0 Å². The maximum atomic E-state index is 13.5. The van der Waals surface area contributed by atoms with E-state index in [1.807, 2.05) is 9.80 Å². The Kier molecular flexibility index (Phi) is 8.37. The first-order valence-electron chi connectivity index (χ1n) is 12.2. The highest BCUT2D eigenvalue weighted by molar-refractivity contribution is 7.92. The van der Waals surface area contributed by atoms with Gasteiger partial charge in [-0.05, 0) is 17.7 Å². The highest BCUT2D eigenvalue weighted by Crippen LogP contribution is 2.34. The van der Waals surface area contributed by atoms with Crippen molar-refractivity contribution in [2.24, 2.45) is 0 Å². The van der Waals surface area contributed by atoms with Gasteiger partial charge in [0, 0.05) is 76.9 Å². The molecule has 0 bridgehead atoms. The molecule has 0 radical (unpaired) electrons. The van der Waals surface area contributed by atoms with Crippen LogP contribution in [0.1, 0.15) is 11.1 Å². The number of piperazine rings is 2.